The summed E-state index contributed by atoms with van der Waals surface area (Å²) in [5.41, 5.74) is 14.0. The third-order valence-corrected chi connectivity index (χ3v) is 8.90. The molecule has 3 aromatic rings. The summed E-state index contributed by atoms with van der Waals surface area (Å²) in [5, 5.41) is 16.4. The maximum atomic E-state index is 13.5. The van der Waals surface area contributed by atoms with Crippen molar-refractivity contribution in [1.29, 1.82) is 0 Å². The fourth-order valence-electron chi connectivity index (χ4n) is 4.44. The number of amidine groups is 1. The van der Waals surface area contributed by atoms with E-state index >= 15 is 0 Å². The number of H-pyrrole nitrogens is 1. The van der Waals surface area contributed by atoms with Crippen LogP contribution in [0.3, 0.4) is 0 Å². The molecule has 2 aromatic carbocycles. The summed E-state index contributed by atoms with van der Waals surface area (Å²) in [5.74, 6) is 0.556. The van der Waals surface area contributed by atoms with Crippen LogP contribution >= 0.6 is 0 Å². The lowest BCUT2D eigenvalue weighted by Gasteiger charge is -2.20. The first kappa shape index (κ1) is 26.2. The minimum Gasteiger partial charge on any atom is -0.341 e. The molecule has 9 N–H and O–H groups in total. The summed E-state index contributed by atoms with van der Waals surface area (Å²) >= 11 is 0. The number of aromatic nitrogens is 2. The second kappa shape index (κ2) is 10.1. The van der Waals surface area contributed by atoms with Crippen molar-refractivity contribution in [1.82, 2.24) is 20.0 Å². The van der Waals surface area contributed by atoms with Crippen molar-refractivity contribution in [3.8, 4) is 22.4 Å². The number of hydrogen-bond acceptors (Lipinski definition) is 11. The third-order valence-electron chi connectivity index (χ3n) is 6.24. The van der Waals surface area contributed by atoms with E-state index in [2.05, 4.69) is 35.2 Å². The van der Waals surface area contributed by atoms with Gasteiger partial charge in [0.05, 0.1) is 30.0 Å². The van der Waals surface area contributed by atoms with Crippen molar-refractivity contribution in [2.45, 2.75) is 28.4 Å². The molecule has 1 aromatic heterocycles. The van der Waals surface area contributed by atoms with Crippen LogP contribution in [-0.2, 0) is 26.6 Å². The summed E-state index contributed by atoms with van der Waals surface area (Å²) in [7, 11) is -8.98. The first-order valence-electron chi connectivity index (χ1n) is 11.5. The van der Waals surface area contributed by atoms with Gasteiger partial charge in [-0.2, -0.15) is 5.11 Å². The first-order valence-corrected chi connectivity index (χ1v) is 14.6. The number of benzene rings is 2. The summed E-state index contributed by atoms with van der Waals surface area (Å²) in [6, 6.07) is 8.73. The highest BCUT2D eigenvalue weighted by atomic mass is 32.2. The predicted octanol–water partition coefficient (Wildman–Crippen LogP) is -0.403. The fourth-order valence-corrected chi connectivity index (χ4v) is 7.33. The number of aromatic amines is 1. The molecule has 0 spiro atoms. The normalized spacial score (nSPS) is 19.7. The molecular formula is C22H26N10O4S2. The lowest BCUT2D eigenvalue weighted by Crippen LogP contribution is -2.47. The van der Waals surface area contributed by atoms with Crippen molar-refractivity contribution in [3.63, 3.8) is 0 Å². The van der Waals surface area contributed by atoms with Gasteiger partial charge < -0.3 is 21.8 Å². The molecule has 1 fully saturated rings. The summed E-state index contributed by atoms with van der Waals surface area (Å²) in [4.78, 5) is 10.4. The third kappa shape index (κ3) is 5.02. The molecule has 2 aliphatic rings. The standard InChI is InChI=1S/C22H26N10O4S2/c23-7-19-27-10-16(30-19)13-3-1-2-12(6-13)14-4-5-18(38(35,36)32-17-9-26-8-15(17)24)21(37(25,33)34)20(14)22-28-11-29-31-22/h1-6,10,15,17,26,32H,7-9,11,23-24H2,(H,27,30)(H2,25,33,34)/t15-,17+/m1/s1. The van der Waals surface area contributed by atoms with Crippen molar-refractivity contribution < 1.29 is 16.8 Å². The Bertz CT molecular complexity index is 1660. The molecule has 1 saturated heterocycles. The largest absolute Gasteiger partial charge is 0.341 e. The van der Waals surface area contributed by atoms with Gasteiger partial charge in [0.15, 0.2) is 12.5 Å². The van der Waals surface area contributed by atoms with Gasteiger partial charge in [-0.3, -0.25) is 0 Å². The number of nitrogens with zero attached hydrogens (tertiary/aromatic N) is 4. The van der Waals surface area contributed by atoms with Crippen LogP contribution in [0.4, 0.5) is 0 Å². The van der Waals surface area contributed by atoms with Gasteiger partial charge in [0.25, 0.3) is 0 Å². The quantitative estimate of drug-likeness (QED) is 0.212. The van der Waals surface area contributed by atoms with Crippen molar-refractivity contribution in [3.05, 3.63) is 54.0 Å². The van der Waals surface area contributed by atoms with Crippen LogP contribution in [0.1, 0.15) is 11.4 Å². The molecular weight excluding hydrogens is 532 g/mol. The summed E-state index contributed by atoms with van der Waals surface area (Å²) in [6.45, 7) is 0.907. The SMILES string of the molecule is NCc1ncc(-c2cccc(-c3ccc(S(=O)(=O)N[C@H]4CNC[C@H]4N)c(S(N)(=O)=O)c3C3=NCN=N3)c2)[nH]1. The maximum Gasteiger partial charge on any atom is 0.242 e. The predicted molar refractivity (Wildman–Crippen MR) is 140 cm³/mol. The van der Waals surface area contributed by atoms with E-state index in [1.54, 1.807) is 24.4 Å². The topological polar surface area (TPSA) is 236 Å². The monoisotopic (exact) mass is 558 g/mol. The Morgan fingerprint density at radius 3 is 2.50 bits per heavy atom. The second-order valence-electron chi connectivity index (χ2n) is 8.80. The number of azo groups is 1. The van der Waals surface area contributed by atoms with Crippen LogP contribution in [0.15, 0.2) is 67.6 Å². The summed E-state index contributed by atoms with van der Waals surface area (Å²) < 4.78 is 55.4. The van der Waals surface area contributed by atoms with E-state index in [9.17, 15) is 16.8 Å². The Balaban J connectivity index is 1.71. The molecule has 0 radical (unpaired) electrons. The molecule has 2 aliphatic heterocycles. The Morgan fingerprint density at radius 2 is 1.87 bits per heavy atom. The molecule has 5 rings (SSSR count). The molecule has 2 atom stereocenters. The van der Waals surface area contributed by atoms with Gasteiger partial charge in [-0.15, -0.1) is 5.11 Å². The minimum atomic E-state index is -4.60. The van der Waals surface area contributed by atoms with Crippen LogP contribution in [0.5, 0.6) is 0 Å². The van der Waals surface area contributed by atoms with E-state index in [1.165, 1.54) is 12.1 Å². The number of nitrogens with two attached hydrogens (primary N) is 3. The number of sulfonamides is 2. The minimum absolute atomic E-state index is 0.0350. The second-order valence-corrected chi connectivity index (χ2v) is 12.0. The number of imidazole rings is 1. The number of primary sulfonamides is 1. The maximum absolute atomic E-state index is 13.5. The molecule has 16 heteroatoms. The van der Waals surface area contributed by atoms with Crippen molar-refractivity contribution >= 4 is 25.9 Å². The van der Waals surface area contributed by atoms with Crippen LogP contribution in [-0.4, -0.2) is 64.5 Å². The van der Waals surface area contributed by atoms with Crippen LogP contribution in [0.25, 0.3) is 22.4 Å². The zero-order chi connectivity index (χ0) is 27.1. The molecule has 38 heavy (non-hydrogen) atoms. The Hall–Kier alpha value is -3.38. The van der Waals surface area contributed by atoms with Gasteiger partial charge in [0, 0.05) is 24.7 Å². The molecule has 3 heterocycles. The average molecular weight is 559 g/mol. The lowest BCUT2D eigenvalue weighted by atomic mass is 9.96. The van der Waals surface area contributed by atoms with Crippen LogP contribution in [0.2, 0.25) is 0 Å². The fraction of sp³-hybridized carbons (Fsp3) is 0.273. The van der Waals surface area contributed by atoms with E-state index in [0.29, 0.717) is 35.7 Å². The zero-order valence-corrected chi connectivity index (χ0v) is 21.6. The molecule has 0 amide bonds. The van der Waals surface area contributed by atoms with E-state index < -0.39 is 41.9 Å². The van der Waals surface area contributed by atoms with Crippen molar-refractivity contribution in [2.75, 3.05) is 19.8 Å². The first-order chi connectivity index (χ1) is 18.1. The number of aliphatic imine (C=N–C) groups is 1. The van der Waals surface area contributed by atoms with Crippen molar-refractivity contribution in [2.24, 2.45) is 31.8 Å². The van der Waals surface area contributed by atoms with Crippen LogP contribution < -0.4 is 26.6 Å². The summed E-state index contributed by atoms with van der Waals surface area (Å²) in [6.07, 6.45) is 1.64. The number of rotatable bonds is 8. The van der Waals surface area contributed by atoms with Gasteiger partial charge in [0.1, 0.15) is 15.6 Å². The molecule has 14 nitrogen and oxygen atoms in total. The number of hydrogen-bond donors (Lipinski definition) is 6. The lowest BCUT2D eigenvalue weighted by molar-refractivity contribution is 0.536. The highest BCUT2D eigenvalue weighted by Gasteiger charge is 2.35. The molecule has 0 aliphatic carbocycles. The highest BCUT2D eigenvalue weighted by Crippen LogP contribution is 2.36. The van der Waals surface area contributed by atoms with E-state index in [1.807, 2.05) is 6.07 Å². The smallest absolute Gasteiger partial charge is 0.242 e. The van der Waals surface area contributed by atoms with Gasteiger partial charge in [-0.1, -0.05) is 24.3 Å². The zero-order valence-electron chi connectivity index (χ0n) is 20.0. The molecule has 0 saturated carbocycles. The van der Waals surface area contributed by atoms with Gasteiger partial charge in [-0.05, 0) is 23.3 Å². The molecule has 0 bridgehead atoms. The molecule has 0 unspecified atom stereocenters. The van der Waals surface area contributed by atoms with Gasteiger partial charge >= 0.3 is 0 Å². The highest BCUT2D eigenvalue weighted by molar-refractivity contribution is 7.92. The Kier molecular flexibility index (Phi) is 6.95. The number of nitrogens with one attached hydrogen (secondary N) is 3. The van der Waals surface area contributed by atoms with Gasteiger partial charge in [0.2, 0.25) is 20.0 Å². The van der Waals surface area contributed by atoms with Crippen LogP contribution in [0, 0.1) is 0 Å². The Labute approximate surface area is 219 Å². The van der Waals surface area contributed by atoms with Gasteiger partial charge in [-0.25, -0.2) is 36.7 Å². The van der Waals surface area contributed by atoms with E-state index in [0.717, 1.165) is 5.56 Å². The van der Waals surface area contributed by atoms with E-state index in [4.69, 9.17) is 16.6 Å². The van der Waals surface area contributed by atoms with E-state index in [-0.39, 0.29) is 24.6 Å². The average Bonchev–Trinajstić information content (AvgIpc) is 3.66. The Morgan fingerprint density at radius 1 is 1.08 bits per heavy atom. The molecule has 200 valence electrons.